The number of benzene rings is 1. The van der Waals surface area contributed by atoms with E-state index in [1.54, 1.807) is 6.21 Å². The van der Waals surface area contributed by atoms with E-state index in [9.17, 15) is 4.79 Å². The first-order valence-electron chi connectivity index (χ1n) is 7.73. The van der Waals surface area contributed by atoms with E-state index in [-0.39, 0.29) is 5.91 Å². The SMILES string of the molecule is CN1CCN(Cc2ccccc2C=NN=C2NC(=O)CS2)CC1. The molecule has 2 fully saturated rings. The second-order valence-electron chi connectivity index (χ2n) is 5.76. The van der Waals surface area contributed by atoms with E-state index in [2.05, 4.69) is 50.6 Å². The number of nitrogens with one attached hydrogen (secondary N) is 1. The third-order valence-corrected chi connectivity index (χ3v) is 4.84. The number of hydrogen-bond donors (Lipinski definition) is 1. The zero-order valence-electron chi connectivity index (χ0n) is 13.2. The molecule has 0 atom stereocenters. The van der Waals surface area contributed by atoms with Crippen LogP contribution in [0.15, 0.2) is 34.5 Å². The van der Waals surface area contributed by atoms with Gasteiger partial charge in [0.15, 0.2) is 5.17 Å². The maximum absolute atomic E-state index is 11.1. The number of likely N-dealkylation sites (N-methyl/N-ethyl adjacent to an activating group) is 1. The molecule has 2 aliphatic heterocycles. The number of amides is 1. The van der Waals surface area contributed by atoms with Crippen molar-refractivity contribution in [2.75, 3.05) is 39.0 Å². The van der Waals surface area contributed by atoms with Gasteiger partial charge in [0.2, 0.25) is 5.91 Å². The summed E-state index contributed by atoms with van der Waals surface area (Å²) in [6.45, 7) is 5.33. The Labute approximate surface area is 140 Å². The van der Waals surface area contributed by atoms with Crippen LogP contribution in [0.3, 0.4) is 0 Å². The average Bonchev–Trinajstić information content (AvgIpc) is 2.97. The minimum absolute atomic E-state index is 0.0144. The van der Waals surface area contributed by atoms with Crippen molar-refractivity contribution in [2.24, 2.45) is 10.2 Å². The minimum Gasteiger partial charge on any atom is -0.304 e. The van der Waals surface area contributed by atoms with Gasteiger partial charge in [-0.15, -0.1) is 5.10 Å². The maximum Gasteiger partial charge on any atom is 0.236 e. The third kappa shape index (κ3) is 4.63. The van der Waals surface area contributed by atoms with Crippen LogP contribution in [0.25, 0.3) is 0 Å². The molecule has 1 aromatic rings. The number of nitrogens with zero attached hydrogens (tertiary/aromatic N) is 4. The van der Waals surface area contributed by atoms with E-state index < -0.39 is 0 Å². The van der Waals surface area contributed by atoms with Gasteiger partial charge in [-0.3, -0.25) is 9.69 Å². The van der Waals surface area contributed by atoms with Crippen LogP contribution in [0.5, 0.6) is 0 Å². The van der Waals surface area contributed by atoms with Crippen molar-refractivity contribution in [3.63, 3.8) is 0 Å². The fourth-order valence-electron chi connectivity index (χ4n) is 2.57. The Hall–Kier alpha value is -1.70. The van der Waals surface area contributed by atoms with Crippen LogP contribution < -0.4 is 5.32 Å². The van der Waals surface area contributed by atoms with Gasteiger partial charge in [0, 0.05) is 32.7 Å². The van der Waals surface area contributed by atoms with Crippen LogP contribution >= 0.6 is 11.8 Å². The lowest BCUT2D eigenvalue weighted by atomic mass is 10.1. The van der Waals surface area contributed by atoms with Gasteiger partial charge in [0.05, 0.1) is 12.0 Å². The molecule has 0 aliphatic carbocycles. The number of carbonyl (C=O) groups excluding carboxylic acids is 1. The number of rotatable bonds is 4. The zero-order valence-corrected chi connectivity index (χ0v) is 14.1. The van der Waals surface area contributed by atoms with E-state index in [0.29, 0.717) is 10.9 Å². The van der Waals surface area contributed by atoms with Crippen molar-refractivity contribution >= 4 is 29.1 Å². The Morgan fingerprint density at radius 3 is 2.78 bits per heavy atom. The number of carbonyl (C=O) groups is 1. The first-order chi connectivity index (χ1) is 11.2. The summed E-state index contributed by atoms with van der Waals surface area (Å²) >= 11 is 1.38. The summed E-state index contributed by atoms with van der Waals surface area (Å²) in [4.78, 5) is 15.9. The molecule has 23 heavy (non-hydrogen) atoms. The highest BCUT2D eigenvalue weighted by Gasteiger charge is 2.16. The molecule has 0 aromatic heterocycles. The predicted octanol–water partition coefficient (Wildman–Crippen LogP) is 0.987. The molecule has 1 N–H and O–H groups in total. The fraction of sp³-hybridized carbons (Fsp3) is 0.438. The van der Waals surface area contributed by atoms with Gasteiger partial charge in [-0.1, -0.05) is 36.0 Å². The van der Waals surface area contributed by atoms with Crippen LogP contribution in [-0.4, -0.2) is 66.1 Å². The number of thioether (sulfide) groups is 1. The van der Waals surface area contributed by atoms with Crippen LogP contribution in [0, 0.1) is 0 Å². The lowest BCUT2D eigenvalue weighted by molar-refractivity contribution is -0.116. The van der Waals surface area contributed by atoms with Crippen molar-refractivity contribution in [1.82, 2.24) is 15.1 Å². The molecule has 1 aromatic carbocycles. The Morgan fingerprint density at radius 2 is 2.04 bits per heavy atom. The van der Waals surface area contributed by atoms with Crippen molar-refractivity contribution in [3.8, 4) is 0 Å². The molecule has 2 saturated heterocycles. The first-order valence-corrected chi connectivity index (χ1v) is 8.72. The standard InChI is InChI=1S/C16H21N5OS/c1-20-6-8-21(9-7-20)11-14-5-3-2-4-13(14)10-17-19-16-18-15(22)12-23-16/h2-5,10H,6-9,11-12H2,1H3,(H,18,19,22). The summed E-state index contributed by atoms with van der Waals surface area (Å²) < 4.78 is 0. The van der Waals surface area contributed by atoms with Crippen molar-refractivity contribution in [2.45, 2.75) is 6.54 Å². The molecule has 6 nitrogen and oxygen atoms in total. The minimum atomic E-state index is -0.0144. The summed E-state index contributed by atoms with van der Waals surface area (Å²) in [5.41, 5.74) is 2.33. The van der Waals surface area contributed by atoms with Gasteiger partial charge in [0.25, 0.3) is 0 Å². The summed E-state index contributed by atoms with van der Waals surface area (Å²) in [7, 11) is 2.16. The lowest BCUT2D eigenvalue weighted by Crippen LogP contribution is -2.44. The Balaban J connectivity index is 1.64. The normalized spacial score (nSPS) is 22.1. The van der Waals surface area contributed by atoms with E-state index in [4.69, 9.17) is 0 Å². The van der Waals surface area contributed by atoms with Crippen molar-refractivity contribution < 1.29 is 4.79 Å². The number of hydrogen-bond acceptors (Lipinski definition) is 6. The summed E-state index contributed by atoms with van der Waals surface area (Å²) in [5.74, 6) is 0.411. The van der Waals surface area contributed by atoms with Crippen LogP contribution in [0.4, 0.5) is 0 Å². The number of piperazine rings is 1. The third-order valence-electron chi connectivity index (χ3n) is 3.98. The molecule has 2 heterocycles. The van der Waals surface area contributed by atoms with E-state index in [1.165, 1.54) is 17.3 Å². The maximum atomic E-state index is 11.1. The monoisotopic (exact) mass is 331 g/mol. The van der Waals surface area contributed by atoms with Gasteiger partial charge in [-0.2, -0.15) is 5.10 Å². The Bertz CT molecular complexity index is 623. The van der Waals surface area contributed by atoms with Crippen molar-refractivity contribution in [1.29, 1.82) is 0 Å². The van der Waals surface area contributed by atoms with Gasteiger partial charge in [0.1, 0.15) is 0 Å². The quantitative estimate of drug-likeness (QED) is 0.660. The van der Waals surface area contributed by atoms with Crippen LogP contribution in [-0.2, 0) is 11.3 Å². The largest absolute Gasteiger partial charge is 0.304 e. The molecule has 0 spiro atoms. The Morgan fingerprint density at radius 1 is 1.26 bits per heavy atom. The van der Waals surface area contributed by atoms with Gasteiger partial charge in [-0.25, -0.2) is 0 Å². The molecule has 0 saturated carbocycles. The van der Waals surface area contributed by atoms with Crippen LogP contribution in [0.2, 0.25) is 0 Å². The predicted molar refractivity (Wildman–Crippen MR) is 94.8 cm³/mol. The molecule has 0 radical (unpaired) electrons. The highest BCUT2D eigenvalue weighted by molar-refractivity contribution is 8.15. The molecule has 2 aliphatic rings. The first kappa shape index (κ1) is 16.2. The molecule has 3 rings (SSSR count). The van der Waals surface area contributed by atoms with Gasteiger partial charge < -0.3 is 10.2 Å². The lowest BCUT2D eigenvalue weighted by Gasteiger charge is -2.32. The van der Waals surface area contributed by atoms with Gasteiger partial charge in [-0.05, 0) is 18.2 Å². The molecule has 1 amide bonds. The number of amidine groups is 1. The van der Waals surface area contributed by atoms with Crippen LogP contribution in [0.1, 0.15) is 11.1 Å². The van der Waals surface area contributed by atoms with E-state index >= 15 is 0 Å². The Kier molecular flexibility index (Phi) is 5.43. The average molecular weight is 331 g/mol. The van der Waals surface area contributed by atoms with E-state index in [0.717, 1.165) is 38.3 Å². The zero-order chi connectivity index (χ0) is 16.1. The highest BCUT2D eigenvalue weighted by Crippen LogP contribution is 2.12. The summed E-state index contributed by atoms with van der Waals surface area (Å²) in [5, 5.41) is 11.4. The molecular formula is C16H21N5OS. The molecule has 0 unspecified atom stereocenters. The van der Waals surface area contributed by atoms with Gasteiger partial charge >= 0.3 is 0 Å². The molecule has 7 heteroatoms. The second-order valence-corrected chi connectivity index (χ2v) is 6.73. The topological polar surface area (TPSA) is 60.3 Å². The van der Waals surface area contributed by atoms with Crippen molar-refractivity contribution in [3.05, 3.63) is 35.4 Å². The molecule has 122 valence electrons. The molecule has 0 bridgehead atoms. The summed E-state index contributed by atoms with van der Waals surface area (Å²) in [6, 6.07) is 8.25. The fourth-order valence-corrected chi connectivity index (χ4v) is 3.20. The highest BCUT2D eigenvalue weighted by atomic mass is 32.2. The second kappa shape index (κ2) is 7.72. The smallest absolute Gasteiger partial charge is 0.236 e. The van der Waals surface area contributed by atoms with E-state index in [1.807, 2.05) is 6.07 Å². The molecular weight excluding hydrogens is 310 g/mol. The summed E-state index contributed by atoms with van der Waals surface area (Å²) in [6.07, 6.45) is 1.77.